The van der Waals surface area contributed by atoms with Crippen molar-refractivity contribution in [2.24, 2.45) is 0 Å². The van der Waals surface area contributed by atoms with E-state index < -0.39 is 118 Å². The van der Waals surface area contributed by atoms with Crippen LogP contribution in [0, 0.1) is 31.1 Å². The molecule has 1 unspecified atom stereocenters. The maximum Gasteiger partial charge on any atom is 1.00 e. The Kier molecular flexibility index (Phi) is 34.4. The number of hydrogen-bond acceptors (Lipinski definition) is 0. The van der Waals surface area contributed by atoms with Gasteiger partial charge in [-0.15, -0.1) is 0 Å². The largest absolute Gasteiger partial charge is 1.00 e. The Morgan fingerprint density at radius 3 is 0.792 bits per heavy atom. The topological polar surface area (TPSA) is 0 Å². The Hall–Kier alpha value is 1.05. The van der Waals surface area contributed by atoms with Crippen molar-refractivity contribution < 1.29 is 228 Å². The smallest absolute Gasteiger partial charge is 1.00 e. The molecule has 0 saturated heterocycles. The first-order valence-electron chi connectivity index (χ1n) is 18.1. The quantitative estimate of drug-likeness (QED) is 0.0266. The fourth-order valence-corrected chi connectivity index (χ4v) is 5.97. The van der Waals surface area contributed by atoms with E-state index in [9.17, 15) is 149 Å². The Labute approximate surface area is 461 Å². The minimum Gasteiger partial charge on any atom is -1.00 e. The fraction of sp³-hybridized carbons (Fsp3) is 1.00. The van der Waals surface area contributed by atoms with Crippen LogP contribution in [0.1, 0.15) is 98.7 Å². The van der Waals surface area contributed by atoms with Crippen molar-refractivity contribution in [2.45, 2.75) is 197 Å². The monoisotopic (exact) mass is 1530 g/mol. The summed E-state index contributed by atoms with van der Waals surface area (Å²) >= 11 is 1.02. The van der Waals surface area contributed by atoms with Gasteiger partial charge in [0.25, 0.3) is 0 Å². The van der Waals surface area contributed by atoms with Crippen LogP contribution in [0.25, 0.3) is 0 Å². The third-order valence-corrected chi connectivity index (χ3v) is 10.3. The van der Waals surface area contributed by atoms with Crippen LogP contribution in [0.4, 0.5) is 149 Å². The predicted octanol–water partition coefficient (Wildman–Crippen LogP) is 14.3. The van der Waals surface area contributed by atoms with Crippen molar-refractivity contribution in [3.05, 3.63) is 0 Å². The van der Waals surface area contributed by atoms with Crippen LogP contribution in [-0.2, 0) is 17.1 Å². The number of hydrogen-bond donors (Lipinski definition) is 0. The summed E-state index contributed by atoms with van der Waals surface area (Å²) in [7, 11) is 0. The summed E-state index contributed by atoms with van der Waals surface area (Å²) in [6.45, 7) is 3.42. The third kappa shape index (κ3) is 16.1. The molecule has 6 radical (unpaired) electrons. The minimum absolute atomic E-state index is 0. The second kappa shape index (κ2) is 28.5. The molecule has 0 rings (SSSR count). The van der Waals surface area contributed by atoms with Gasteiger partial charge >= 0.3 is 125 Å². The molecule has 0 bridgehead atoms. The molecule has 0 aliphatic heterocycles. The summed E-state index contributed by atoms with van der Waals surface area (Å²) in [4.78, 5) is 0. The molecule has 0 amide bonds. The van der Waals surface area contributed by atoms with Gasteiger partial charge in [-0.3, -0.25) is 0 Å². The molecule has 72 heavy (non-hydrogen) atoms. The standard InChI is InChI=1S/C16H16F17I.C16H17F17.2B.Fe.Na.U.H/c1-2-3-4-5-6-8(34)7-9(17,18)10(19,20)11(21,22)12(23,24)13(25,26)14(27,28)15(29,30)16(31,32)33;1-2-3-4-5-6-7-8-9(17,18)10(19,20)11(21,22)12(23,24)13(25,26)14(27,28)15(29,30)16(31,32)33;;;;;;/h8H,2-7H2,1H3;2-8H2,1H3;;;;;;/q;;;;;+1;;-1. The number of alkyl halides is 35. The summed E-state index contributed by atoms with van der Waals surface area (Å²) in [5.74, 6) is -111. The van der Waals surface area contributed by atoms with Gasteiger partial charge in [-0.05, 0) is 12.8 Å². The Morgan fingerprint density at radius 2 is 0.528 bits per heavy atom. The minimum atomic E-state index is -8.58. The molecular weight excluding hydrogens is 1500 g/mol. The summed E-state index contributed by atoms with van der Waals surface area (Å²) < 4.78 is 445. The molecule has 0 heterocycles. The van der Waals surface area contributed by atoms with Gasteiger partial charge in [0.15, 0.2) is 0 Å². The molecule has 1 atom stereocenters. The van der Waals surface area contributed by atoms with E-state index in [4.69, 9.17) is 0 Å². The number of unbranched alkanes of at least 4 members (excludes halogenated alkanes) is 8. The van der Waals surface area contributed by atoms with Crippen LogP contribution >= 0.6 is 22.6 Å². The van der Waals surface area contributed by atoms with Crippen LogP contribution in [-0.4, -0.2) is 116 Å². The van der Waals surface area contributed by atoms with E-state index in [-0.39, 0.29) is 122 Å². The molecule has 0 aromatic carbocycles. The Morgan fingerprint density at radius 1 is 0.319 bits per heavy atom. The Bertz CT molecular complexity index is 1570. The summed E-state index contributed by atoms with van der Waals surface area (Å²) in [6, 6.07) is 0. The average Bonchev–Trinajstić information content (AvgIpc) is 3.12. The van der Waals surface area contributed by atoms with Gasteiger partial charge in [-0.1, -0.05) is 94.2 Å². The van der Waals surface area contributed by atoms with Crippen molar-refractivity contribution in [1.82, 2.24) is 0 Å². The summed E-state index contributed by atoms with van der Waals surface area (Å²) in [5.41, 5.74) is 0. The first-order valence-corrected chi connectivity index (χ1v) is 19.3. The molecule has 0 fully saturated rings. The van der Waals surface area contributed by atoms with E-state index in [2.05, 4.69) is 0 Å². The molecule has 0 saturated carbocycles. The van der Waals surface area contributed by atoms with E-state index in [1.165, 1.54) is 0 Å². The molecule has 0 spiro atoms. The molecule has 0 aliphatic rings. The maximum absolute atomic E-state index is 13.8. The van der Waals surface area contributed by atoms with E-state index in [0.29, 0.717) is 38.5 Å². The molecule has 0 aliphatic carbocycles. The molecular formula is C32H34B2F34FeINaU. The van der Waals surface area contributed by atoms with Crippen LogP contribution in [0.5, 0.6) is 0 Å². The first kappa shape index (κ1) is 86.9. The molecule has 0 aromatic rings. The van der Waals surface area contributed by atoms with Crippen molar-refractivity contribution in [3.8, 4) is 0 Å². The van der Waals surface area contributed by atoms with Crippen LogP contribution in [0.2, 0.25) is 0 Å². The van der Waals surface area contributed by atoms with Gasteiger partial charge in [-0.25, -0.2) is 0 Å². The molecule has 426 valence electrons. The van der Waals surface area contributed by atoms with E-state index in [0.717, 1.165) is 22.6 Å². The van der Waals surface area contributed by atoms with Gasteiger partial charge in [-0.2, -0.15) is 149 Å². The zero-order chi connectivity index (χ0) is 54.8. The van der Waals surface area contributed by atoms with Gasteiger partial charge in [0.1, 0.15) is 0 Å². The average molecular weight is 1530 g/mol. The van der Waals surface area contributed by atoms with E-state index >= 15 is 0 Å². The number of rotatable bonds is 26. The normalized spacial score (nSPS) is 15.1. The Balaban J connectivity index is -0.000000178. The van der Waals surface area contributed by atoms with E-state index in [1.807, 2.05) is 0 Å². The molecule has 40 heteroatoms. The maximum atomic E-state index is 13.8. The molecule has 0 aromatic heterocycles. The second-order valence-corrected chi connectivity index (χ2v) is 16.2. The van der Waals surface area contributed by atoms with Crippen molar-refractivity contribution in [3.63, 3.8) is 0 Å². The van der Waals surface area contributed by atoms with Gasteiger partial charge in [0, 0.05) is 81.8 Å². The predicted molar refractivity (Wildman–Crippen MR) is 183 cm³/mol. The van der Waals surface area contributed by atoms with Crippen LogP contribution < -0.4 is 29.6 Å². The van der Waals surface area contributed by atoms with Gasteiger partial charge in [0.2, 0.25) is 0 Å². The van der Waals surface area contributed by atoms with Crippen LogP contribution in [0.3, 0.4) is 0 Å². The second-order valence-electron chi connectivity index (χ2n) is 14.5. The van der Waals surface area contributed by atoms with Gasteiger partial charge in [0.05, 0.1) is 0 Å². The fourth-order valence-electron chi connectivity index (χ4n) is 4.98. The van der Waals surface area contributed by atoms with Gasteiger partial charge < -0.3 is 1.43 Å². The summed E-state index contributed by atoms with van der Waals surface area (Å²) in [6.07, 6.45) is -18.8. The molecule has 0 N–H and O–H groups in total. The van der Waals surface area contributed by atoms with E-state index in [1.54, 1.807) is 13.8 Å². The zero-order valence-electron chi connectivity index (χ0n) is 37.0. The zero-order valence-corrected chi connectivity index (χ0v) is 45.4. The van der Waals surface area contributed by atoms with Crippen molar-refractivity contribution >= 4 is 39.4 Å². The molecule has 0 nitrogen and oxygen atoms in total. The van der Waals surface area contributed by atoms with Crippen LogP contribution in [0.15, 0.2) is 0 Å². The van der Waals surface area contributed by atoms with Crippen molar-refractivity contribution in [2.75, 3.05) is 0 Å². The first-order chi connectivity index (χ1) is 29.0. The SMILES string of the molecule is CCCCCCC(I)CC(F)(F)C(F)(F)C(F)(F)C(F)(F)C(F)(F)C(F)(F)C(F)(F)C(F)(F)F.CCCCCCCCC(F)(F)C(F)(F)C(F)(F)C(F)(F)C(F)(F)C(F)(F)C(F)(F)C(F)(F)F.[B].[B].[Fe].[H-].[Na+].[U]. The third-order valence-electron chi connectivity index (χ3n) is 9.27. The van der Waals surface area contributed by atoms with Crippen molar-refractivity contribution in [1.29, 1.82) is 0 Å². The number of halogens is 35. The summed E-state index contributed by atoms with van der Waals surface area (Å²) in [5, 5.41) is 0.